The summed E-state index contributed by atoms with van der Waals surface area (Å²) in [5.74, 6) is -1.01. The molecule has 2 amide bonds. The summed E-state index contributed by atoms with van der Waals surface area (Å²) in [4.78, 5) is 28.0. The van der Waals surface area contributed by atoms with E-state index in [0.717, 1.165) is 9.87 Å². The Morgan fingerprint density at radius 2 is 1.46 bits per heavy atom. The van der Waals surface area contributed by atoms with Gasteiger partial charge in [0.05, 0.1) is 30.7 Å². The van der Waals surface area contributed by atoms with E-state index >= 15 is 0 Å². The number of nitrogens with zero attached hydrogens (tertiary/aromatic N) is 2. The van der Waals surface area contributed by atoms with Gasteiger partial charge in [-0.05, 0) is 61.4 Å². The number of likely N-dealkylation sites (N-methyl/N-ethyl adjacent to an activating group) is 1. The van der Waals surface area contributed by atoms with Crippen molar-refractivity contribution in [1.82, 2.24) is 10.2 Å². The van der Waals surface area contributed by atoms with Crippen molar-refractivity contribution in [3.8, 4) is 0 Å². The highest BCUT2D eigenvalue weighted by molar-refractivity contribution is 7.92. The minimum atomic E-state index is -4.23. The molecule has 0 spiro atoms. The molecule has 39 heavy (non-hydrogen) atoms. The Balaban J connectivity index is 2.09. The fraction of sp³-hybridized carbons (Fsp3) is 0.259. The molecule has 12 heteroatoms. The van der Waals surface area contributed by atoms with Crippen molar-refractivity contribution in [3.63, 3.8) is 0 Å². The molecule has 0 heterocycles. The highest BCUT2D eigenvalue weighted by atomic mass is 35.5. The van der Waals surface area contributed by atoms with Crippen LogP contribution in [0.3, 0.4) is 0 Å². The monoisotopic (exact) mass is 629 g/mol. The molecule has 3 aromatic rings. The largest absolute Gasteiger partial charge is 0.357 e. The van der Waals surface area contributed by atoms with Gasteiger partial charge in [0.25, 0.3) is 10.0 Å². The van der Waals surface area contributed by atoms with Gasteiger partial charge in [0, 0.05) is 13.6 Å². The van der Waals surface area contributed by atoms with Gasteiger partial charge in [0.1, 0.15) is 12.6 Å². The van der Waals surface area contributed by atoms with Crippen LogP contribution in [0.25, 0.3) is 0 Å². The average molecular weight is 631 g/mol. The van der Waals surface area contributed by atoms with Crippen molar-refractivity contribution >= 4 is 73.9 Å². The summed E-state index contributed by atoms with van der Waals surface area (Å²) in [5, 5.41) is 3.55. The van der Waals surface area contributed by atoms with Gasteiger partial charge < -0.3 is 10.2 Å². The number of sulfonamides is 1. The lowest BCUT2D eigenvalue weighted by Gasteiger charge is -2.33. The Morgan fingerprint density at radius 1 is 0.872 bits per heavy atom. The molecule has 0 radical (unpaired) electrons. The highest BCUT2D eigenvalue weighted by Crippen LogP contribution is 2.31. The molecule has 1 atom stereocenters. The molecule has 208 valence electrons. The van der Waals surface area contributed by atoms with Gasteiger partial charge in [-0.25, -0.2) is 8.42 Å². The molecule has 0 fully saturated rings. The number of anilines is 1. The molecule has 0 unspecified atom stereocenters. The van der Waals surface area contributed by atoms with Gasteiger partial charge in [-0.1, -0.05) is 77.1 Å². The first-order chi connectivity index (χ1) is 18.4. The van der Waals surface area contributed by atoms with Gasteiger partial charge in [0.15, 0.2) is 0 Å². The summed E-state index contributed by atoms with van der Waals surface area (Å²) in [6, 6.07) is 14.5. The minimum Gasteiger partial charge on any atom is -0.357 e. The standard InChI is InChI=1S/C27H27Cl4N3O4S/c1-4-25(27(36)32-3)33(15-18-7-11-21(28)23(30)13-18)26(35)16-34(19-8-12-22(29)24(31)14-19)39(37,38)20-9-5-17(2)6-10-20/h5-14,25H,4,15-16H2,1-3H3,(H,32,36)/t25-/m0/s1. The average Bonchev–Trinajstić information content (AvgIpc) is 2.90. The smallest absolute Gasteiger partial charge is 0.264 e. The number of hydrogen-bond acceptors (Lipinski definition) is 4. The Hall–Kier alpha value is -2.49. The first kappa shape index (κ1) is 31.0. The van der Waals surface area contributed by atoms with Crippen LogP contribution in [-0.4, -0.2) is 44.8 Å². The van der Waals surface area contributed by atoms with Crippen LogP contribution in [0.1, 0.15) is 24.5 Å². The second kappa shape index (κ2) is 13.2. The van der Waals surface area contributed by atoms with Crippen LogP contribution in [0.15, 0.2) is 65.6 Å². The number of carbonyl (C=O) groups is 2. The predicted molar refractivity (Wildman–Crippen MR) is 157 cm³/mol. The molecule has 1 N–H and O–H groups in total. The second-order valence-corrected chi connectivity index (χ2v) is 12.2. The molecule has 0 aromatic heterocycles. The third kappa shape index (κ3) is 7.38. The molecular weight excluding hydrogens is 604 g/mol. The van der Waals surface area contributed by atoms with E-state index < -0.39 is 34.4 Å². The summed E-state index contributed by atoms with van der Waals surface area (Å²) in [6.45, 7) is 2.97. The maximum Gasteiger partial charge on any atom is 0.264 e. The summed E-state index contributed by atoms with van der Waals surface area (Å²) < 4.78 is 28.6. The van der Waals surface area contributed by atoms with E-state index in [-0.39, 0.29) is 38.6 Å². The molecule has 0 aliphatic heterocycles. The second-order valence-electron chi connectivity index (χ2n) is 8.73. The van der Waals surface area contributed by atoms with E-state index in [1.54, 1.807) is 37.3 Å². The van der Waals surface area contributed by atoms with Crippen LogP contribution in [0.4, 0.5) is 5.69 Å². The first-order valence-electron chi connectivity index (χ1n) is 11.9. The van der Waals surface area contributed by atoms with Gasteiger partial charge in [-0.15, -0.1) is 0 Å². The van der Waals surface area contributed by atoms with E-state index in [1.165, 1.54) is 42.3 Å². The Kier molecular flexibility index (Phi) is 10.5. The van der Waals surface area contributed by atoms with Crippen LogP contribution in [0.5, 0.6) is 0 Å². The molecule has 0 saturated carbocycles. The van der Waals surface area contributed by atoms with Gasteiger partial charge in [-0.3, -0.25) is 13.9 Å². The molecular formula is C27H27Cl4N3O4S. The zero-order valence-corrected chi connectivity index (χ0v) is 25.3. The number of hydrogen-bond donors (Lipinski definition) is 1. The summed E-state index contributed by atoms with van der Waals surface area (Å²) >= 11 is 24.5. The van der Waals surface area contributed by atoms with Crippen LogP contribution in [0, 0.1) is 6.92 Å². The highest BCUT2D eigenvalue weighted by Gasteiger charge is 2.33. The Bertz CT molecular complexity index is 1470. The van der Waals surface area contributed by atoms with Gasteiger partial charge in [-0.2, -0.15) is 0 Å². The van der Waals surface area contributed by atoms with Crippen LogP contribution < -0.4 is 9.62 Å². The third-order valence-electron chi connectivity index (χ3n) is 6.05. The topological polar surface area (TPSA) is 86.8 Å². The van der Waals surface area contributed by atoms with E-state index in [9.17, 15) is 18.0 Å². The van der Waals surface area contributed by atoms with Gasteiger partial charge >= 0.3 is 0 Å². The molecule has 0 aliphatic carbocycles. The summed E-state index contributed by atoms with van der Waals surface area (Å²) in [6.07, 6.45) is 0.282. The van der Waals surface area contributed by atoms with E-state index in [0.29, 0.717) is 10.6 Å². The zero-order chi connectivity index (χ0) is 28.9. The lowest BCUT2D eigenvalue weighted by Crippen LogP contribution is -2.51. The molecule has 3 aromatic carbocycles. The lowest BCUT2D eigenvalue weighted by atomic mass is 10.1. The van der Waals surface area contributed by atoms with Crippen molar-refractivity contribution < 1.29 is 18.0 Å². The Morgan fingerprint density at radius 3 is 2.00 bits per heavy atom. The van der Waals surface area contributed by atoms with Crippen molar-refractivity contribution in [1.29, 1.82) is 0 Å². The van der Waals surface area contributed by atoms with Crippen LogP contribution >= 0.6 is 46.4 Å². The fourth-order valence-corrected chi connectivity index (χ4v) is 5.95. The number of aryl methyl sites for hydroxylation is 1. The van der Waals surface area contributed by atoms with E-state index in [4.69, 9.17) is 46.4 Å². The van der Waals surface area contributed by atoms with Crippen molar-refractivity contribution in [2.45, 2.75) is 37.8 Å². The molecule has 0 aliphatic rings. The number of nitrogens with one attached hydrogen (secondary N) is 1. The zero-order valence-electron chi connectivity index (χ0n) is 21.4. The fourth-order valence-electron chi connectivity index (χ4n) is 3.93. The molecule has 7 nitrogen and oxygen atoms in total. The van der Waals surface area contributed by atoms with E-state index in [1.807, 2.05) is 6.92 Å². The normalized spacial score (nSPS) is 12.1. The van der Waals surface area contributed by atoms with E-state index in [2.05, 4.69) is 5.32 Å². The molecule has 0 bridgehead atoms. The number of amides is 2. The SMILES string of the molecule is CC[C@@H](C(=O)NC)N(Cc1ccc(Cl)c(Cl)c1)C(=O)CN(c1ccc(Cl)c(Cl)c1)S(=O)(=O)c1ccc(C)cc1. The molecule has 3 rings (SSSR count). The van der Waals surface area contributed by atoms with Crippen molar-refractivity contribution in [2.24, 2.45) is 0 Å². The van der Waals surface area contributed by atoms with Gasteiger partial charge in [0.2, 0.25) is 11.8 Å². The summed E-state index contributed by atoms with van der Waals surface area (Å²) in [7, 11) is -2.76. The van der Waals surface area contributed by atoms with Crippen LogP contribution in [0.2, 0.25) is 20.1 Å². The quantitative estimate of drug-likeness (QED) is 0.283. The minimum absolute atomic E-state index is 0.0125. The predicted octanol–water partition coefficient (Wildman–Crippen LogP) is 6.36. The molecule has 0 saturated heterocycles. The number of carbonyl (C=O) groups excluding carboxylic acids is 2. The number of rotatable bonds is 10. The first-order valence-corrected chi connectivity index (χ1v) is 14.8. The summed E-state index contributed by atoms with van der Waals surface area (Å²) in [5.41, 5.74) is 1.62. The third-order valence-corrected chi connectivity index (χ3v) is 9.31. The number of benzene rings is 3. The van der Waals surface area contributed by atoms with Crippen molar-refractivity contribution in [3.05, 3.63) is 91.9 Å². The van der Waals surface area contributed by atoms with Crippen molar-refractivity contribution in [2.75, 3.05) is 17.9 Å². The maximum atomic E-state index is 13.9. The van der Waals surface area contributed by atoms with Crippen LogP contribution in [-0.2, 0) is 26.2 Å². The maximum absolute atomic E-state index is 13.9. The Labute approximate surface area is 248 Å². The number of halogens is 4. The lowest BCUT2D eigenvalue weighted by molar-refractivity contribution is -0.140.